The molecule has 9 heteroatoms. The summed E-state index contributed by atoms with van der Waals surface area (Å²) in [5.41, 5.74) is -1.49. The van der Waals surface area contributed by atoms with Crippen LogP contribution in [0, 0.1) is 27.3 Å². The number of benzene rings is 1. The number of halogens is 1. The normalized spacial score (nSPS) is 10.6. The largest absolute Gasteiger partial charge is 0.296 e. The van der Waals surface area contributed by atoms with Crippen LogP contribution in [0.2, 0.25) is 0 Å². The molecular formula is C8H6FN3O4S. The van der Waals surface area contributed by atoms with Gasteiger partial charge in [0.25, 0.3) is 5.69 Å². The van der Waals surface area contributed by atoms with Crippen molar-refractivity contribution in [1.29, 1.82) is 5.26 Å². The number of nitro benzene ring substituents is 1. The van der Waals surface area contributed by atoms with Crippen LogP contribution in [0.4, 0.5) is 15.8 Å². The summed E-state index contributed by atoms with van der Waals surface area (Å²) >= 11 is 0. The molecule has 0 saturated heterocycles. The third-order valence-corrected chi connectivity index (χ3v) is 2.72. The van der Waals surface area contributed by atoms with Gasteiger partial charge in [0.2, 0.25) is 10.0 Å². The molecule has 0 saturated carbocycles. The Balaban J connectivity index is 3.24. The molecule has 90 valence electrons. The fraction of sp³-hybridized carbons (Fsp3) is 0.125. The number of hydrogen-bond donors (Lipinski definition) is 1. The van der Waals surface area contributed by atoms with Gasteiger partial charge in [0.05, 0.1) is 11.0 Å². The molecule has 7 nitrogen and oxygen atoms in total. The second kappa shape index (κ2) is 4.75. The molecule has 0 unspecified atom stereocenters. The lowest BCUT2D eigenvalue weighted by atomic mass is 10.2. The lowest BCUT2D eigenvalue weighted by Gasteiger charge is -2.06. The first-order valence-electron chi connectivity index (χ1n) is 4.18. The molecule has 0 spiro atoms. The molecule has 17 heavy (non-hydrogen) atoms. The van der Waals surface area contributed by atoms with E-state index in [9.17, 15) is 22.9 Å². The summed E-state index contributed by atoms with van der Waals surface area (Å²) in [6, 6.07) is 4.26. The summed E-state index contributed by atoms with van der Waals surface area (Å²) in [5, 5.41) is 18.8. The summed E-state index contributed by atoms with van der Waals surface area (Å²) in [4.78, 5) is 9.63. The van der Waals surface area contributed by atoms with Crippen LogP contribution in [0.25, 0.3) is 0 Å². The number of para-hydroxylation sites is 1. The zero-order chi connectivity index (χ0) is 13.1. The van der Waals surface area contributed by atoms with Gasteiger partial charge in [0.1, 0.15) is 0 Å². The summed E-state index contributed by atoms with van der Waals surface area (Å²) < 4.78 is 37.3. The molecular weight excluding hydrogens is 253 g/mol. The smallest absolute Gasteiger partial charge is 0.274 e. The average Bonchev–Trinajstić information content (AvgIpc) is 2.20. The zero-order valence-corrected chi connectivity index (χ0v) is 9.07. The topological polar surface area (TPSA) is 113 Å². The van der Waals surface area contributed by atoms with Gasteiger partial charge in [-0.3, -0.25) is 14.8 Å². The standard InChI is InChI=1S/C8H6FN3O4S/c9-6-2-1-3-7(12(13)14)8(6)11-17(15,16)5-4-10/h1-3,11H,5H2. The number of sulfonamides is 1. The highest BCUT2D eigenvalue weighted by Gasteiger charge is 2.22. The van der Waals surface area contributed by atoms with Gasteiger partial charge in [0, 0.05) is 6.07 Å². The second-order valence-corrected chi connectivity index (χ2v) is 4.63. The number of nitriles is 1. The Morgan fingerprint density at radius 1 is 1.53 bits per heavy atom. The van der Waals surface area contributed by atoms with E-state index in [1.54, 1.807) is 4.72 Å². The van der Waals surface area contributed by atoms with Crippen molar-refractivity contribution in [3.05, 3.63) is 34.1 Å². The van der Waals surface area contributed by atoms with E-state index in [0.29, 0.717) is 0 Å². The Labute approximate surface area is 95.7 Å². The summed E-state index contributed by atoms with van der Waals surface area (Å²) in [5.74, 6) is -2.00. The third-order valence-electron chi connectivity index (χ3n) is 1.70. The molecule has 0 fully saturated rings. The Morgan fingerprint density at radius 3 is 2.71 bits per heavy atom. The first-order chi connectivity index (χ1) is 7.87. The van der Waals surface area contributed by atoms with Gasteiger partial charge in [-0.1, -0.05) is 6.07 Å². The van der Waals surface area contributed by atoms with Crippen LogP contribution < -0.4 is 4.72 Å². The Hall–Kier alpha value is -2.21. The fourth-order valence-electron chi connectivity index (χ4n) is 1.04. The van der Waals surface area contributed by atoms with Crippen LogP contribution in [0.1, 0.15) is 0 Å². The quantitative estimate of drug-likeness (QED) is 0.640. The number of nitrogens with zero attached hydrogens (tertiary/aromatic N) is 2. The molecule has 1 aromatic carbocycles. The minimum atomic E-state index is -4.12. The van der Waals surface area contributed by atoms with Crippen LogP contribution in [0.5, 0.6) is 0 Å². The van der Waals surface area contributed by atoms with Gasteiger partial charge >= 0.3 is 0 Å². The average molecular weight is 259 g/mol. The molecule has 0 atom stereocenters. The molecule has 0 radical (unpaired) electrons. The molecule has 0 aliphatic heterocycles. The summed E-state index contributed by atoms with van der Waals surface area (Å²) in [6.07, 6.45) is 0. The van der Waals surface area contributed by atoms with E-state index in [2.05, 4.69) is 0 Å². The first kappa shape index (κ1) is 12.9. The van der Waals surface area contributed by atoms with E-state index < -0.39 is 37.9 Å². The van der Waals surface area contributed by atoms with E-state index in [4.69, 9.17) is 5.26 Å². The Bertz CT molecular complexity index is 593. The van der Waals surface area contributed by atoms with Gasteiger partial charge in [-0.05, 0) is 6.07 Å². The molecule has 0 amide bonds. The minimum Gasteiger partial charge on any atom is -0.274 e. The van der Waals surface area contributed by atoms with Crippen molar-refractivity contribution in [3.63, 3.8) is 0 Å². The highest BCUT2D eigenvalue weighted by atomic mass is 32.2. The highest BCUT2D eigenvalue weighted by Crippen LogP contribution is 2.27. The number of nitrogens with one attached hydrogen (secondary N) is 1. The number of nitro groups is 1. The van der Waals surface area contributed by atoms with E-state index in [1.165, 1.54) is 6.07 Å². The number of hydrogen-bond acceptors (Lipinski definition) is 5. The molecule has 0 heterocycles. The Kier molecular flexibility index (Phi) is 3.59. The second-order valence-electron chi connectivity index (χ2n) is 2.91. The van der Waals surface area contributed by atoms with Crippen molar-refractivity contribution in [2.75, 3.05) is 10.5 Å². The van der Waals surface area contributed by atoms with E-state index >= 15 is 0 Å². The van der Waals surface area contributed by atoms with Crippen LogP contribution >= 0.6 is 0 Å². The molecule has 0 aliphatic rings. The predicted octanol–water partition coefficient (Wildman–Crippen LogP) is 0.999. The van der Waals surface area contributed by atoms with Crippen molar-refractivity contribution >= 4 is 21.4 Å². The maximum atomic E-state index is 13.3. The maximum absolute atomic E-state index is 13.3. The maximum Gasteiger partial charge on any atom is 0.296 e. The van der Waals surface area contributed by atoms with Gasteiger partial charge < -0.3 is 0 Å². The minimum absolute atomic E-state index is 0.716. The summed E-state index contributed by atoms with van der Waals surface area (Å²) in [6.45, 7) is 0. The summed E-state index contributed by atoms with van der Waals surface area (Å²) in [7, 11) is -4.12. The fourth-order valence-corrected chi connectivity index (χ4v) is 1.80. The van der Waals surface area contributed by atoms with Crippen LogP contribution in [-0.2, 0) is 10.0 Å². The van der Waals surface area contributed by atoms with E-state index in [-0.39, 0.29) is 0 Å². The first-order valence-corrected chi connectivity index (χ1v) is 5.83. The van der Waals surface area contributed by atoms with Crippen molar-refractivity contribution < 1.29 is 17.7 Å². The van der Waals surface area contributed by atoms with Crippen LogP contribution in [0.3, 0.4) is 0 Å². The van der Waals surface area contributed by atoms with Crippen molar-refractivity contribution in [3.8, 4) is 6.07 Å². The third kappa shape index (κ3) is 3.12. The molecule has 1 N–H and O–H groups in total. The molecule has 0 aromatic heterocycles. The van der Waals surface area contributed by atoms with Crippen molar-refractivity contribution in [2.45, 2.75) is 0 Å². The van der Waals surface area contributed by atoms with Gasteiger partial charge in [0.15, 0.2) is 17.3 Å². The van der Waals surface area contributed by atoms with Gasteiger partial charge in [-0.25, -0.2) is 12.8 Å². The molecule has 1 aromatic rings. The van der Waals surface area contributed by atoms with Crippen LogP contribution in [0.15, 0.2) is 18.2 Å². The SMILES string of the molecule is N#CCS(=O)(=O)Nc1c(F)cccc1[N+](=O)[O-]. The lowest BCUT2D eigenvalue weighted by Crippen LogP contribution is -2.17. The van der Waals surface area contributed by atoms with Gasteiger partial charge in [-0.2, -0.15) is 5.26 Å². The number of rotatable bonds is 4. The van der Waals surface area contributed by atoms with Crippen molar-refractivity contribution in [1.82, 2.24) is 0 Å². The molecule has 1 rings (SSSR count). The van der Waals surface area contributed by atoms with Crippen LogP contribution in [-0.4, -0.2) is 19.1 Å². The highest BCUT2D eigenvalue weighted by molar-refractivity contribution is 7.92. The van der Waals surface area contributed by atoms with Gasteiger partial charge in [-0.15, -0.1) is 0 Å². The zero-order valence-electron chi connectivity index (χ0n) is 8.25. The van der Waals surface area contributed by atoms with E-state index in [0.717, 1.165) is 18.2 Å². The predicted molar refractivity (Wildman–Crippen MR) is 56.1 cm³/mol. The van der Waals surface area contributed by atoms with Crippen molar-refractivity contribution in [2.24, 2.45) is 0 Å². The lowest BCUT2D eigenvalue weighted by molar-refractivity contribution is -0.384. The monoisotopic (exact) mass is 259 g/mol. The Morgan fingerprint density at radius 2 is 2.18 bits per heavy atom. The van der Waals surface area contributed by atoms with E-state index in [1.807, 2.05) is 0 Å². The molecule has 0 aliphatic carbocycles. The number of anilines is 1. The molecule has 0 bridgehead atoms.